The van der Waals surface area contributed by atoms with E-state index in [4.69, 9.17) is 22.4 Å². The number of aryl methyl sites for hydroxylation is 1. The summed E-state index contributed by atoms with van der Waals surface area (Å²) in [5.41, 5.74) is 6.44. The molecule has 0 aliphatic rings. The molecule has 2 aromatic rings. The molecule has 0 fully saturated rings. The van der Waals surface area contributed by atoms with E-state index in [9.17, 15) is 4.79 Å². The van der Waals surface area contributed by atoms with Gasteiger partial charge in [0.1, 0.15) is 11.7 Å². The molecule has 0 aliphatic heterocycles. The molecular weight excluding hydrogens is 274 g/mol. The fraction of sp³-hybridized carbons (Fsp3) is 0.214. The number of nitrogens with two attached hydrogens (primary N) is 1. The molecule has 1 aromatic heterocycles. The van der Waals surface area contributed by atoms with Gasteiger partial charge in [-0.15, -0.1) is 0 Å². The van der Waals surface area contributed by atoms with Crippen molar-refractivity contribution in [1.82, 2.24) is 10.3 Å². The predicted octanol–water partition coefficient (Wildman–Crippen LogP) is 1.67. The van der Waals surface area contributed by atoms with Crippen molar-refractivity contribution >= 4 is 23.1 Å². The third-order valence-corrected chi connectivity index (χ3v) is 3.00. The third kappa shape index (κ3) is 3.42. The van der Waals surface area contributed by atoms with Crippen LogP contribution in [-0.2, 0) is 11.3 Å². The Morgan fingerprint density at radius 2 is 2.15 bits per heavy atom. The summed E-state index contributed by atoms with van der Waals surface area (Å²) in [4.78, 5) is 16.4. The first-order valence-corrected chi connectivity index (χ1v) is 6.52. The van der Waals surface area contributed by atoms with E-state index in [-0.39, 0.29) is 17.4 Å². The fourth-order valence-corrected chi connectivity index (χ4v) is 2.08. The van der Waals surface area contributed by atoms with Crippen LogP contribution in [0.15, 0.2) is 40.9 Å². The maximum atomic E-state index is 12.2. The topological polar surface area (TPSA) is 81.2 Å². The number of rotatable bonds is 5. The summed E-state index contributed by atoms with van der Waals surface area (Å²) in [5, 5.41) is 2.73. The minimum absolute atomic E-state index is 0.136. The minimum atomic E-state index is -0.651. The second-order valence-corrected chi connectivity index (χ2v) is 4.80. The Morgan fingerprint density at radius 1 is 1.45 bits per heavy atom. The highest BCUT2D eigenvalue weighted by atomic mass is 32.1. The molecule has 0 saturated carbocycles. The van der Waals surface area contributed by atoms with Gasteiger partial charge in [0.25, 0.3) is 0 Å². The number of hydrogen-bond acceptors (Lipinski definition) is 4. The molecular formula is C14H15N3O2S. The standard InChI is InChI=1S/C14H15N3O2S/c1-9-7-16-11(19-9)8-17-14(18)12(13(15)20)10-5-3-2-4-6-10/h2-7,12H,8H2,1H3,(H2,15,20)(H,17,18). The van der Waals surface area contributed by atoms with Crippen LogP contribution in [0.2, 0.25) is 0 Å². The van der Waals surface area contributed by atoms with Gasteiger partial charge in [-0.1, -0.05) is 42.5 Å². The number of carbonyl (C=O) groups excluding carboxylic acids is 1. The lowest BCUT2D eigenvalue weighted by atomic mass is 9.98. The largest absolute Gasteiger partial charge is 0.444 e. The summed E-state index contributed by atoms with van der Waals surface area (Å²) in [6.07, 6.45) is 1.60. The van der Waals surface area contributed by atoms with E-state index >= 15 is 0 Å². The number of nitrogens with one attached hydrogen (secondary N) is 1. The average Bonchev–Trinajstić information content (AvgIpc) is 2.83. The molecule has 20 heavy (non-hydrogen) atoms. The number of benzene rings is 1. The monoisotopic (exact) mass is 289 g/mol. The molecule has 2 rings (SSSR count). The average molecular weight is 289 g/mol. The van der Waals surface area contributed by atoms with Gasteiger partial charge in [0.05, 0.1) is 17.7 Å². The number of nitrogens with zero attached hydrogens (tertiary/aromatic N) is 1. The first kappa shape index (κ1) is 14.2. The number of hydrogen-bond donors (Lipinski definition) is 2. The maximum absolute atomic E-state index is 12.2. The lowest BCUT2D eigenvalue weighted by Gasteiger charge is -2.15. The summed E-state index contributed by atoms with van der Waals surface area (Å²) < 4.78 is 5.29. The molecule has 1 amide bonds. The van der Waals surface area contributed by atoms with E-state index in [0.29, 0.717) is 11.7 Å². The van der Waals surface area contributed by atoms with Crippen LogP contribution in [0.5, 0.6) is 0 Å². The van der Waals surface area contributed by atoms with Crippen LogP contribution in [0.4, 0.5) is 0 Å². The van der Waals surface area contributed by atoms with E-state index in [1.165, 1.54) is 0 Å². The molecule has 0 spiro atoms. The maximum Gasteiger partial charge on any atom is 0.234 e. The lowest BCUT2D eigenvalue weighted by molar-refractivity contribution is -0.121. The Labute approximate surface area is 122 Å². The molecule has 104 valence electrons. The zero-order valence-electron chi connectivity index (χ0n) is 11.0. The third-order valence-electron chi connectivity index (χ3n) is 2.76. The highest BCUT2D eigenvalue weighted by molar-refractivity contribution is 7.80. The minimum Gasteiger partial charge on any atom is -0.444 e. The van der Waals surface area contributed by atoms with Crippen molar-refractivity contribution in [1.29, 1.82) is 0 Å². The molecule has 5 nitrogen and oxygen atoms in total. The van der Waals surface area contributed by atoms with E-state index in [2.05, 4.69) is 10.3 Å². The van der Waals surface area contributed by atoms with Crippen molar-refractivity contribution < 1.29 is 9.21 Å². The van der Waals surface area contributed by atoms with Gasteiger partial charge in [0.2, 0.25) is 11.8 Å². The highest BCUT2D eigenvalue weighted by Gasteiger charge is 2.23. The van der Waals surface area contributed by atoms with Gasteiger partial charge in [-0.3, -0.25) is 4.79 Å². The van der Waals surface area contributed by atoms with E-state index in [0.717, 1.165) is 5.56 Å². The number of amides is 1. The highest BCUT2D eigenvalue weighted by Crippen LogP contribution is 2.16. The first-order valence-electron chi connectivity index (χ1n) is 6.11. The zero-order valence-corrected chi connectivity index (χ0v) is 11.8. The molecule has 0 saturated heterocycles. The summed E-state index contributed by atoms with van der Waals surface area (Å²) in [5.74, 6) is 0.232. The Balaban J connectivity index is 2.06. The molecule has 0 aliphatic carbocycles. The van der Waals surface area contributed by atoms with Crippen LogP contribution in [0.3, 0.4) is 0 Å². The van der Waals surface area contributed by atoms with Crippen molar-refractivity contribution in [3.63, 3.8) is 0 Å². The molecule has 3 N–H and O–H groups in total. The van der Waals surface area contributed by atoms with Crippen LogP contribution in [0.25, 0.3) is 0 Å². The van der Waals surface area contributed by atoms with Crippen LogP contribution < -0.4 is 11.1 Å². The molecule has 1 aromatic carbocycles. The molecule has 0 bridgehead atoms. The molecule has 1 unspecified atom stereocenters. The van der Waals surface area contributed by atoms with E-state index in [1.54, 1.807) is 13.1 Å². The van der Waals surface area contributed by atoms with Crippen molar-refractivity contribution in [3.8, 4) is 0 Å². The van der Waals surface area contributed by atoms with Gasteiger partial charge < -0.3 is 15.5 Å². The zero-order chi connectivity index (χ0) is 14.5. The van der Waals surface area contributed by atoms with Crippen molar-refractivity contribution in [2.45, 2.75) is 19.4 Å². The van der Waals surface area contributed by atoms with Gasteiger partial charge in [0.15, 0.2) is 0 Å². The molecule has 6 heteroatoms. The van der Waals surface area contributed by atoms with Crippen molar-refractivity contribution in [2.24, 2.45) is 5.73 Å². The Kier molecular flexibility index (Phi) is 4.47. The SMILES string of the molecule is Cc1cnc(CNC(=O)C(C(N)=S)c2ccccc2)o1. The van der Waals surface area contributed by atoms with Crippen LogP contribution in [0.1, 0.15) is 23.1 Å². The molecule has 1 heterocycles. The van der Waals surface area contributed by atoms with Crippen LogP contribution in [0, 0.1) is 6.92 Å². The Morgan fingerprint density at radius 3 is 2.70 bits per heavy atom. The van der Waals surface area contributed by atoms with Gasteiger partial charge in [0, 0.05) is 0 Å². The van der Waals surface area contributed by atoms with Gasteiger partial charge in [-0.25, -0.2) is 4.98 Å². The second kappa shape index (κ2) is 6.29. The van der Waals surface area contributed by atoms with Crippen LogP contribution >= 0.6 is 12.2 Å². The Bertz CT molecular complexity index is 610. The summed E-state index contributed by atoms with van der Waals surface area (Å²) >= 11 is 4.99. The van der Waals surface area contributed by atoms with E-state index < -0.39 is 5.92 Å². The quantitative estimate of drug-likeness (QED) is 0.818. The van der Waals surface area contributed by atoms with Crippen LogP contribution in [-0.4, -0.2) is 15.9 Å². The van der Waals surface area contributed by atoms with Gasteiger partial charge in [-0.05, 0) is 12.5 Å². The number of thiocarbonyl (C=S) groups is 1. The smallest absolute Gasteiger partial charge is 0.234 e. The summed E-state index contributed by atoms with van der Waals surface area (Å²) in [7, 11) is 0. The first-order chi connectivity index (χ1) is 9.58. The lowest BCUT2D eigenvalue weighted by Crippen LogP contribution is -2.35. The second-order valence-electron chi connectivity index (χ2n) is 4.33. The molecule has 1 atom stereocenters. The number of aromatic nitrogens is 1. The fourth-order valence-electron chi connectivity index (χ4n) is 1.84. The number of carbonyl (C=O) groups is 1. The van der Waals surface area contributed by atoms with E-state index in [1.807, 2.05) is 30.3 Å². The summed E-state index contributed by atoms with van der Waals surface area (Å²) in [6, 6.07) is 9.18. The van der Waals surface area contributed by atoms with Crippen molar-refractivity contribution in [2.75, 3.05) is 0 Å². The van der Waals surface area contributed by atoms with Crippen molar-refractivity contribution in [3.05, 3.63) is 53.7 Å². The van der Waals surface area contributed by atoms with Gasteiger partial charge >= 0.3 is 0 Å². The normalized spacial score (nSPS) is 11.8. The molecule has 0 radical (unpaired) electrons. The number of oxazole rings is 1. The van der Waals surface area contributed by atoms with Gasteiger partial charge in [-0.2, -0.15) is 0 Å². The Hall–Kier alpha value is -2.21. The predicted molar refractivity (Wildman–Crippen MR) is 79.1 cm³/mol. The summed E-state index contributed by atoms with van der Waals surface area (Å²) in [6.45, 7) is 2.00.